The Kier molecular flexibility index (Phi) is 8.95. The van der Waals surface area contributed by atoms with Crippen molar-refractivity contribution in [1.29, 1.82) is 0 Å². The van der Waals surface area contributed by atoms with E-state index in [1.165, 1.54) is 14.2 Å². The molecule has 3 aromatic carbocycles. The van der Waals surface area contributed by atoms with Crippen LogP contribution in [0.25, 0.3) is 16.9 Å². The van der Waals surface area contributed by atoms with E-state index in [4.69, 9.17) is 32.9 Å². The molecule has 0 saturated carbocycles. The van der Waals surface area contributed by atoms with Crippen molar-refractivity contribution < 1.29 is 14.5 Å². The van der Waals surface area contributed by atoms with E-state index >= 15 is 0 Å². The van der Waals surface area contributed by atoms with E-state index in [9.17, 15) is 4.79 Å². The second-order valence-corrected chi connectivity index (χ2v) is 8.16. The Balaban J connectivity index is 1.99. The van der Waals surface area contributed by atoms with Gasteiger partial charge in [-0.25, -0.2) is 5.48 Å². The third-order valence-corrected chi connectivity index (χ3v) is 5.73. The van der Waals surface area contributed by atoms with E-state index in [0.29, 0.717) is 32.6 Å². The van der Waals surface area contributed by atoms with Gasteiger partial charge in [-0.15, -0.1) is 0 Å². The molecule has 6 nitrogen and oxygen atoms in total. The summed E-state index contributed by atoms with van der Waals surface area (Å²) < 4.78 is 0. The first-order valence-corrected chi connectivity index (χ1v) is 11.4. The Hall–Kier alpha value is -3.74. The zero-order valence-electron chi connectivity index (χ0n) is 19.6. The van der Waals surface area contributed by atoms with Gasteiger partial charge in [0, 0.05) is 33.8 Å². The fourth-order valence-electron chi connectivity index (χ4n) is 3.37. The van der Waals surface area contributed by atoms with E-state index in [2.05, 4.69) is 22.5 Å². The highest BCUT2D eigenvalue weighted by Gasteiger charge is 2.21. The van der Waals surface area contributed by atoms with Crippen molar-refractivity contribution in [1.82, 2.24) is 5.32 Å². The number of rotatable bonds is 9. The van der Waals surface area contributed by atoms with Crippen LogP contribution in [0.4, 0.5) is 5.69 Å². The van der Waals surface area contributed by atoms with Crippen LogP contribution in [-0.2, 0) is 14.5 Å². The number of carbonyl (C=O) groups excluding carboxylic acids is 1. The summed E-state index contributed by atoms with van der Waals surface area (Å²) in [6.07, 6.45) is 1.67. The molecule has 1 amide bonds. The van der Waals surface area contributed by atoms with Crippen molar-refractivity contribution in [3.63, 3.8) is 0 Å². The number of halogens is 2. The lowest BCUT2D eigenvalue weighted by atomic mass is 9.98. The van der Waals surface area contributed by atoms with Crippen molar-refractivity contribution in [3.8, 4) is 11.1 Å². The molecule has 180 valence electrons. The molecule has 0 atom stereocenters. The van der Waals surface area contributed by atoms with Gasteiger partial charge in [-0.3, -0.25) is 4.79 Å². The molecule has 0 bridgehead atoms. The van der Waals surface area contributed by atoms with Crippen LogP contribution >= 0.6 is 23.2 Å². The number of anilines is 1. The van der Waals surface area contributed by atoms with Crippen LogP contribution in [-0.4, -0.2) is 25.8 Å². The number of likely N-dealkylation sites (N-methyl/N-ethyl adjacent to an activating group) is 1. The quantitative estimate of drug-likeness (QED) is 0.145. The number of hydrogen-bond donors (Lipinski definition) is 2. The molecule has 3 aromatic rings. The Bertz CT molecular complexity index is 1280. The Labute approximate surface area is 214 Å². The maximum Gasteiger partial charge on any atom is 0.273 e. The first-order valence-electron chi connectivity index (χ1n) is 10.6. The van der Waals surface area contributed by atoms with Gasteiger partial charge < -0.3 is 15.0 Å². The minimum atomic E-state index is -0.396. The van der Waals surface area contributed by atoms with Gasteiger partial charge in [-0.2, -0.15) is 0 Å². The number of benzene rings is 3. The number of carbonyl (C=O) groups is 1. The number of amides is 1. The molecule has 0 aliphatic carbocycles. The van der Waals surface area contributed by atoms with E-state index in [1.807, 2.05) is 43.3 Å². The third kappa shape index (κ3) is 6.04. The number of hydrogen-bond acceptors (Lipinski definition) is 5. The minimum absolute atomic E-state index is 0.110. The van der Waals surface area contributed by atoms with E-state index < -0.39 is 5.91 Å². The normalized spacial score (nSPS) is 11.9. The number of nitrogens with zero attached hydrogens (tertiary/aromatic N) is 1. The van der Waals surface area contributed by atoms with Gasteiger partial charge in [0.1, 0.15) is 7.11 Å². The molecular formula is C27H25Cl2N3O3. The second kappa shape index (κ2) is 12.1. The maximum atomic E-state index is 12.5. The second-order valence-electron chi connectivity index (χ2n) is 7.35. The maximum absolute atomic E-state index is 12.5. The van der Waals surface area contributed by atoms with Crippen LogP contribution in [0.2, 0.25) is 10.0 Å². The molecular weight excluding hydrogens is 485 g/mol. The summed E-state index contributed by atoms with van der Waals surface area (Å²) in [4.78, 5) is 23.5. The van der Waals surface area contributed by atoms with E-state index in [0.717, 1.165) is 16.7 Å². The summed E-state index contributed by atoms with van der Waals surface area (Å²) in [5.74, 6) is 0.0664. The van der Waals surface area contributed by atoms with Gasteiger partial charge in [-0.1, -0.05) is 83.5 Å². The van der Waals surface area contributed by atoms with Crippen LogP contribution < -0.4 is 10.8 Å². The van der Waals surface area contributed by atoms with Crippen LogP contribution in [0, 0.1) is 0 Å². The number of nitrogens with one attached hydrogen (secondary N) is 2. The van der Waals surface area contributed by atoms with Crippen molar-refractivity contribution >= 4 is 46.3 Å². The van der Waals surface area contributed by atoms with Crippen molar-refractivity contribution in [2.75, 3.05) is 19.6 Å². The largest absolute Gasteiger partial charge is 0.398 e. The zero-order chi connectivity index (χ0) is 25.4. The number of allylic oxidation sites excluding steroid dienone is 2. The molecule has 0 radical (unpaired) electrons. The van der Waals surface area contributed by atoms with Crippen molar-refractivity contribution in [3.05, 3.63) is 106 Å². The summed E-state index contributed by atoms with van der Waals surface area (Å²) in [5.41, 5.74) is 7.22. The first kappa shape index (κ1) is 25.9. The molecule has 3 rings (SSSR count). The zero-order valence-corrected chi connectivity index (χ0v) is 21.1. The fourth-order valence-corrected chi connectivity index (χ4v) is 3.99. The van der Waals surface area contributed by atoms with Crippen LogP contribution in [0.1, 0.15) is 18.1 Å². The lowest BCUT2D eigenvalue weighted by Crippen LogP contribution is -2.29. The van der Waals surface area contributed by atoms with Gasteiger partial charge in [0.2, 0.25) is 0 Å². The average Bonchev–Trinajstić information content (AvgIpc) is 2.87. The molecule has 0 unspecified atom stereocenters. The average molecular weight is 510 g/mol. The van der Waals surface area contributed by atoms with Crippen LogP contribution in [0.15, 0.2) is 90.1 Å². The summed E-state index contributed by atoms with van der Waals surface area (Å²) in [6.45, 7) is 5.72. The fraction of sp³-hybridized carbons (Fsp3) is 0.111. The van der Waals surface area contributed by atoms with Gasteiger partial charge in [0.25, 0.3) is 5.91 Å². The molecule has 0 heterocycles. The minimum Gasteiger partial charge on any atom is -0.398 e. The highest BCUT2D eigenvalue weighted by atomic mass is 35.5. The molecule has 2 N–H and O–H groups in total. The van der Waals surface area contributed by atoms with Crippen LogP contribution in [0.3, 0.4) is 0 Å². The Morgan fingerprint density at radius 1 is 1.00 bits per heavy atom. The predicted molar refractivity (Wildman–Crippen MR) is 143 cm³/mol. The first-order chi connectivity index (χ1) is 16.9. The molecule has 35 heavy (non-hydrogen) atoms. The lowest BCUT2D eigenvalue weighted by Gasteiger charge is -2.18. The molecule has 8 heteroatoms. The summed E-state index contributed by atoms with van der Waals surface area (Å²) in [7, 11) is 2.91. The molecule has 0 aliphatic heterocycles. The standard InChI is InChI=1S/C27H25Cl2N3O3/c1-5-17(2)26(21-13-7-6-12-20(21)25(32-34-4)27(33)30-3)35-31-19-11-8-10-18(16-19)24-22(28)14-9-15-23(24)29/h5-16,31H,1H2,2-4H3,(H,30,33). The predicted octanol–water partition coefficient (Wildman–Crippen LogP) is 6.72. The van der Waals surface area contributed by atoms with E-state index in [1.54, 1.807) is 36.4 Å². The monoisotopic (exact) mass is 509 g/mol. The molecule has 0 fully saturated rings. The smallest absolute Gasteiger partial charge is 0.273 e. The number of oxime groups is 1. The molecule has 0 spiro atoms. The summed E-state index contributed by atoms with van der Waals surface area (Å²) >= 11 is 12.8. The van der Waals surface area contributed by atoms with Crippen LogP contribution in [0.5, 0.6) is 0 Å². The third-order valence-electron chi connectivity index (χ3n) is 5.10. The van der Waals surface area contributed by atoms with Crippen molar-refractivity contribution in [2.24, 2.45) is 5.16 Å². The van der Waals surface area contributed by atoms with E-state index in [-0.39, 0.29) is 5.71 Å². The van der Waals surface area contributed by atoms with Gasteiger partial charge in [0.15, 0.2) is 11.5 Å². The van der Waals surface area contributed by atoms with Gasteiger partial charge in [0.05, 0.1) is 5.69 Å². The highest BCUT2D eigenvalue weighted by molar-refractivity contribution is 6.45. The summed E-state index contributed by atoms with van der Waals surface area (Å²) in [6, 6.07) is 20.1. The van der Waals surface area contributed by atoms with Gasteiger partial charge in [-0.05, 0) is 42.3 Å². The Morgan fingerprint density at radius 2 is 1.66 bits per heavy atom. The van der Waals surface area contributed by atoms with Crippen molar-refractivity contribution in [2.45, 2.75) is 6.92 Å². The SMILES string of the molecule is C=CC(C)=C(ONc1cccc(-c2c(Cl)cccc2Cl)c1)c1ccccc1C(=NOC)C(=O)NC. The molecule has 0 aromatic heterocycles. The topological polar surface area (TPSA) is 71.9 Å². The summed E-state index contributed by atoms with van der Waals surface area (Å²) in [5, 5.41) is 7.61. The highest BCUT2D eigenvalue weighted by Crippen LogP contribution is 2.36. The Morgan fingerprint density at radius 3 is 2.29 bits per heavy atom. The van der Waals surface area contributed by atoms with Gasteiger partial charge >= 0.3 is 0 Å². The molecule has 0 saturated heterocycles. The molecule has 0 aliphatic rings. The lowest BCUT2D eigenvalue weighted by molar-refractivity contribution is -0.114.